The average molecular weight is 443 g/mol. The summed E-state index contributed by atoms with van der Waals surface area (Å²) in [6, 6.07) is 0. The fraction of sp³-hybridized carbons (Fsp3) is 0.900. The van der Waals surface area contributed by atoms with Gasteiger partial charge in [-0.3, -0.25) is 14.7 Å². The van der Waals surface area contributed by atoms with E-state index in [1.165, 1.54) is 6.42 Å². The van der Waals surface area contributed by atoms with Crippen molar-refractivity contribution in [2.24, 2.45) is 10.9 Å². The zero-order valence-corrected chi connectivity index (χ0v) is 19.1. The number of hydrogen-bond acceptors (Lipinski definition) is 5. The third kappa shape index (κ3) is 7.09. The highest BCUT2D eigenvalue weighted by atomic mass is 32.2. The van der Waals surface area contributed by atoms with Crippen LogP contribution in [0.25, 0.3) is 0 Å². The van der Waals surface area contributed by atoms with Crippen LogP contribution < -0.4 is 10.0 Å². The maximum absolute atomic E-state index is 12.4. The van der Waals surface area contributed by atoms with Crippen molar-refractivity contribution >= 4 is 21.9 Å². The zero-order valence-electron chi connectivity index (χ0n) is 18.3. The second-order valence-corrected chi connectivity index (χ2v) is 10.5. The highest BCUT2D eigenvalue weighted by Crippen LogP contribution is 2.25. The number of amides is 1. The van der Waals surface area contributed by atoms with Gasteiger partial charge in [0, 0.05) is 52.4 Å². The molecule has 9 nitrogen and oxygen atoms in total. The summed E-state index contributed by atoms with van der Waals surface area (Å²) < 4.78 is 27.1. The molecule has 1 amide bonds. The van der Waals surface area contributed by atoms with E-state index in [0.29, 0.717) is 19.0 Å². The van der Waals surface area contributed by atoms with Crippen LogP contribution in [0.4, 0.5) is 0 Å². The summed E-state index contributed by atoms with van der Waals surface area (Å²) in [5, 5.41) is 3.27. The maximum Gasteiger partial charge on any atom is 0.236 e. The summed E-state index contributed by atoms with van der Waals surface area (Å²) in [5.74, 6) is 1.52. The largest absolute Gasteiger partial charge is 0.357 e. The van der Waals surface area contributed by atoms with Crippen molar-refractivity contribution in [3.8, 4) is 0 Å². The summed E-state index contributed by atoms with van der Waals surface area (Å²) in [5.41, 5.74) is 0. The van der Waals surface area contributed by atoms with E-state index in [0.717, 1.165) is 77.5 Å². The van der Waals surface area contributed by atoms with Gasteiger partial charge in [-0.15, -0.1) is 0 Å². The van der Waals surface area contributed by atoms with Gasteiger partial charge in [0.2, 0.25) is 15.9 Å². The van der Waals surface area contributed by atoms with E-state index in [9.17, 15) is 13.2 Å². The third-order valence-corrected chi connectivity index (χ3v) is 7.59. The fourth-order valence-electron chi connectivity index (χ4n) is 4.09. The van der Waals surface area contributed by atoms with Crippen molar-refractivity contribution in [2.45, 2.75) is 39.0 Å². The van der Waals surface area contributed by atoms with Gasteiger partial charge in [-0.25, -0.2) is 13.1 Å². The molecule has 30 heavy (non-hydrogen) atoms. The van der Waals surface area contributed by atoms with Crippen molar-refractivity contribution in [3.05, 3.63) is 0 Å². The van der Waals surface area contributed by atoms with Gasteiger partial charge in [-0.05, 0) is 38.5 Å². The second-order valence-electron chi connectivity index (χ2n) is 8.55. The number of guanidine groups is 1. The average Bonchev–Trinajstić information content (AvgIpc) is 3.21. The molecule has 2 heterocycles. The number of carbonyl (C=O) groups excluding carboxylic acids is 1. The molecule has 0 aromatic rings. The van der Waals surface area contributed by atoms with Gasteiger partial charge in [-0.1, -0.05) is 6.42 Å². The number of hydrogen-bond donors (Lipinski definition) is 2. The summed E-state index contributed by atoms with van der Waals surface area (Å²) in [6.45, 7) is 9.03. The van der Waals surface area contributed by atoms with Crippen LogP contribution in [0.3, 0.4) is 0 Å². The number of piperazine rings is 1. The van der Waals surface area contributed by atoms with Gasteiger partial charge in [0.1, 0.15) is 0 Å². The number of sulfonamides is 1. The first kappa shape index (κ1) is 23.3. The van der Waals surface area contributed by atoms with Crippen LogP contribution in [0.15, 0.2) is 4.99 Å². The smallest absolute Gasteiger partial charge is 0.236 e. The lowest BCUT2D eigenvalue weighted by Gasteiger charge is -2.36. The Kier molecular flexibility index (Phi) is 8.76. The monoisotopic (exact) mass is 442 g/mol. The van der Waals surface area contributed by atoms with Crippen molar-refractivity contribution in [1.82, 2.24) is 24.7 Å². The van der Waals surface area contributed by atoms with Gasteiger partial charge in [0.25, 0.3) is 0 Å². The predicted octanol–water partition coefficient (Wildman–Crippen LogP) is -0.0886. The van der Waals surface area contributed by atoms with E-state index in [1.54, 1.807) is 0 Å². The molecule has 0 spiro atoms. The van der Waals surface area contributed by atoms with Gasteiger partial charge in [0.15, 0.2) is 5.96 Å². The molecule has 0 radical (unpaired) electrons. The van der Waals surface area contributed by atoms with Crippen molar-refractivity contribution < 1.29 is 13.2 Å². The first-order valence-corrected chi connectivity index (χ1v) is 13.1. The number of likely N-dealkylation sites (tertiary alicyclic amines) is 1. The lowest BCUT2D eigenvalue weighted by Crippen LogP contribution is -2.54. The molecule has 3 aliphatic rings. The molecule has 0 atom stereocenters. The quantitative estimate of drug-likeness (QED) is 0.383. The Morgan fingerprint density at radius 2 is 1.70 bits per heavy atom. The highest BCUT2D eigenvalue weighted by molar-refractivity contribution is 7.89. The van der Waals surface area contributed by atoms with Gasteiger partial charge < -0.3 is 15.1 Å². The minimum absolute atomic E-state index is 0.0128. The van der Waals surface area contributed by atoms with Crippen molar-refractivity contribution in [1.29, 1.82) is 0 Å². The Morgan fingerprint density at radius 1 is 1.00 bits per heavy atom. The Morgan fingerprint density at radius 3 is 2.30 bits per heavy atom. The van der Waals surface area contributed by atoms with Crippen LogP contribution in [0.2, 0.25) is 0 Å². The molecule has 2 saturated heterocycles. The molecule has 0 unspecified atom stereocenters. The van der Waals surface area contributed by atoms with Gasteiger partial charge >= 0.3 is 0 Å². The molecule has 1 aliphatic carbocycles. The van der Waals surface area contributed by atoms with Crippen LogP contribution in [-0.4, -0.2) is 106 Å². The predicted molar refractivity (Wildman–Crippen MR) is 119 cm³/mol. The van der Waals surface area contributed by atoms with Crippen LogP contribution in [0.5, 0.6) is 0 Å². The summed E-state index contributed by atoms with van der Waals surface area (Å²) in [7, 11) is -3.28. The molecular weight excluding hydrogens is 404 g/mol. The van der Waals surface area contributed by atoms with E-state index in [2.05, 4.69) is 24.8 Å². The van der Waals surface area contributed by atoms with Crippen LogP contribution >= 0.6 is 0 Å². The molecule has 3 fully saturated rings. The Balaban J connectivity index is 1.42. The number of rotatable bonds is 9. The minimum atomic E-state index is -3.28. The molecule has 0 bridgehead atoms. The molecule has 10 heteroatoms. The van der Waals surface area contributed by atoms with Crippen molar-refractivity contribution in [2.75, 3.05) is 71.2 Å². The molecular formula is C20H38N6O3S. The molecule has 0 aromatic carbocycles. The van der Waals surface area contributed by atoms with Crippen LogP contribution in [0, 0.1) is 5.92 Å². The van der Waals surface area contributed by atoms with Gasteiger partial charge in [0.05, 0.1) is 18.8 Å². The molecule has 2 N–H and O–H groups in total. The van der Waals surface area contributed by atoms with E-state index in [1.807, 2.05) is 11.8 Å². The summed E-state index contributed by atoms with van der Waals surface area (Å²) in [4.78, 5) is 23.2. The standard InChI is InChI=1S/C20H38N6O3S/c1-2-21-20(22-8-15-30(28,29)23-16-18-6-5-7-18)26-13-11-24(12-14-26)17-19(27)25-9-3-4-10-25/h18,23H,2-17H2,1H3,(H,21,22). The van der Waals surface area contributed by atoms with E-state index >= 15 is 0 Å². The SMILES string of the molecule is CCNC(=NCCS(=O)(=O)NCC1CCC1)N1CCN(CC(=O)N2CCCC2)CC1. The zero-order chi connectivity index (χ0) is 21.4. The van der Waals surface area contributed by atoms with E-state index in [-0.39, 0.29) is 18.2 Å². The highest BCUT2D eigenvalue weighted by Gasteiger charge is 2.25. The molecule has 1 saturated carbocycles. The molecule has 0 aromatic heterocycles. The Labute approximate surface area is 181 Å². The summed E-state index contributed by atoms with van der Waals surface area (Å²) >= 11 is 0. The first-order valence-electron chi connectivity index (χ1n) is 11.5. The maximum atomic E-state index is 12.4. The first-order chi connectivity index (χ1) is 14.5. The fourth-order valence-corrected chi connectivity index (χ4v) is 5.05. The number of nitrogens with zero attached hydrogens (tertiary/aromatic N) is 4. The number of aliphatic imine (C=N–C) groups is 1. The normalized spacial score (nSPS) is 21.7. The number of carbonyl (C=O) groups is 1. The van der Waals surface area contributed by atoms with Gasteiger partial charge in [-0.2, -0.15) is 0 Å². The Hall–Kier alpha value is -1.39. The molecule has 172 valence electrons. The second kappa shape index (κ2) is 11.3. The lowest BCUT2D eigenvalue weighted by atomic mass is 9.86. The molecule has 3 rings (SSSR count). The van der Waals surface area contributed by atoms with Crippen molar-refractivity contribution in [3.63, 3.8) is 0 Å². The van der Waals surface area contributed by atoms with Crippen LogP contribution in [0.1, 0.15) is 39.0 Å². The summed E-state index contributed by atoms with van der Waals surface area (Å²) in [6.07, 6.45) is 5.70. The third-order valence-electron chi connectivity index (χ3n) is 6.26. The lowest BCUT2D eigenvalue weighted by molar-refractivity contribution is -0.131. The Bertz CT molecular complexity index is 681. The number of nitrogens with one attached hydrogen (secondary N) is 2. The molecule has 2 aliphatic heterocycles. The van der Waals surface area contributed by atoms with E-state index < -0.39 is 10.0 Å². The minimum Gasteiger partial charge on any atom is -0.357 e. The van der Waals surface area contributed by atoms with E-state index in [4.69, 9.17) is 0 Å². The topological polar surface area (TPSA) is 97.3 Å². The van der Waals surface area contributed by atoms with Crippen LogP contribution in [-0.2, 0) is 14.8 Å².